The van der Waals surface area contributed by atoms with Crippen molar-refractivity contribution in [3.05, 3.63) is 35.4 Å². The van der Waals surface area contributed by atoms with E-state index in [1.165, 1.54) is 6.07 Å². The van der Waals surface area contributed by atoms with E-state index in [0.29, 0.717) is 17.4 Å². The summed E-state index contributed by atoms with van der Waals surface area (Å²) in [6.45, 7) is -0.278. The fourth-order valence-corrected chi connectivity index (χ4v) is 1.24. The molecule has 22 heavy (non-hydrogen) atoms. The summed E-state index contributed by atoms with van der Waals surface area (Å²) in [7, 11) is 8.34. The van der Waals surface area contributed by atoms with Crippen LogP contribution < -0.4 is 5.73 Å². The van der Waals surface area contributed by atoms with Crippen molar-refractivity contribution in [2.24, 2.45) is 15.7 Å². The lowest BCUT2D eigenvalue weighted by molar-refractivity contribution is -0.102. The Morgan fingerprint density at radius 2 is 2.14 bits per heavy atom. The Labute approximate surface area is 129 Å². The summed E-state index contributed by atoms with van der Waals surface area (Å²) in [5.41, 5.74) is 5.48. The third-order valence-corrected chi connectivity index (χ3v) is 2.05. The van der Waals surface area contributed by atoms with Gasteiger partial charge in [0.2, 0.25) is 0 Å². The summed E-state index contributed by atoms with van der Waals surface area (Å²) in [6.07, 6.45) is 0.346. The number of aldehydes is 1. The second-order valence-corrected chi connectivity index (χ2v) is 3.85. The number of carbonyl (C=O) groups is 2. The smallest absolute Gasteiger partial charge is 0.189 e. The Morgan fingerprint density at radius 3 is 2.64 bits per heavy atom. The van der Waals surface area contributed by atoms with E-state index in [1.807, 2.05) is 6.07 Å². The van der Waals surface area contributed by atoms with Gasteiger partial charge in [-0.15, -0.1) is 0 Å². The van der Waals surface area contributed by atoms with E-state index in [4.69, 9.17) is 18.8 Å². The molecular weight excluding hydrogens is 283 g/mol. The van der Waals surface area contributed by atoms with Crippen LogP contribution in [0, 0.1) is 11.3 Å². The molecule has 0 fully saturated rings. The number of ether oxygens (including phenoxy) is 1. The van der Waals surface area contributed by atoms with E-state index >= 15 is 0 Å². The van der Waals surface area contributed by atoms with E-state index in [0.717, 1.165) is 0 Å². The molecule has 1 aromatic rings. The maximum Gasteiger partial charge on any atom is 0.189 e. The number of carbonyl (C=O) groups excluding carboxylic acids is 2. The number of Topliss-reactive ketones (excluding diaryl/α,β-unsaturated/α-hetero) is 1. The zero-order chi connectivity index (χ0) is 17.0. The molecular formula is C14H15BN4O3. The number of ketones is 1. The average Bonchev–Trinajstić information content (AvgIpc) is 2.51. The van der Waals surface area contributed by atoms with Crippen LogP contribution in [0.1, 0.15) is 15.9 Å². The molecule has 0 aromatic heterocycles. The van der Waals surface area contributed by atoms with E-state index in [9.17, 15) is 9.59 Å². The van der Waals surface area contributed by atoms with Gasteiger partial charge in [-0.3, -0.25) is 14.6 Å². The molecule has 112 valence electrons. The number of nitriles is 1. The van der Waals surface area contributed by atoms with E-state index < -0.39 is 0 Å². The van der Waals surface area contributed by atoms with Crippen LogP contribution in [-0.2, 0) is 9.53 Å². The lowest BCUT2D eigenvalue weighted by atomic mass is 10.1. The number of hydrogen-bond donors (Lipinski definition) is 1. The zero-order valence-electron chi connectivity index (χ0n) is 12.3. The lowest BCUT2D eigenvalue weighted by Gasteiger charge is -1.98. The number of rotatable bonds is 4. The Morgan fingerprint density at radius 1 is 1.50 bits per heavy atom. The molecule has 2 radical (unpaired) electrons. The summed E-state index contributed by atoms with van der Waals surface area (Å²) in [5, 5.41) is 8.72. The second-order valence-electron chi connectivity index (χ2n) is 3.85. The Bertz CT molecular complexity index is 617. The van der Waals surface area contributed by atoms with Gasteiger partial charge in [-0.2, -0.15) is 5.26 Å². The number of nitrogens with two attached hydrogens (primary N) is 1. The molecule has 8 heteroatoms. The largest absolute Gasteiger partial charge is 0.396 e. The normalized spacial score (nSPS) is 11.0. The Balaban J connectivity index is 0.00000135. The lowest BCUT2D eigenvalue weighted by Crippen LogP contribution is -2.15. The van der Waals surface area contributed by atoms with Crippen molar-refractivity contribution in [1.82, 2.24) is 0 Å². The molecule has 0 aliphatic carbocycles. The van der Waals surface area contributed by atoms with Crippen LogP contribution in [0.15, 0.2) is 34.3 Å². The maximum atomic E-state index is 11.8. The number of methoxy groups -OCH3 is 1. The molecule has 0 saturated heterocycles. The average molecular weight is 298 g/mol. The Hall–Kier alpha value is -2.79. The standard InChI is InChI=1S/C12H9BN4O2.C2H6O/c13-12(15)17-11(7-18)16-6-10(19)9-3-1-2-8(4-9)5-14;1-3-2/h1-4,7H,6H2,(H2,15,16,17);1-2H3. The van der Waals surface area contributed by atoms with Crippen LogP contribution in [0.2, 0.25) is 0 Å². The SMILES string of the molecule is COC.[B]C(N)=NC(C=O)=NCC(=O)c1cccc(C#N)c1. The number of nitrogens with zero attached hydrogens (tertiary/aromatic N) is 3. The van der Waals surface area contributed by atoms with Crippen molar-refractivity contribution >= 4 is 31.5 Å². The molecule has 1 aromatic carbocycles. The quantitative estimate of drug-likeness (QED) is 0.278. The summed E-state index contributed by atoms with van der Waals surface area (Å²) in [6, 6.07) is 8.09. The fraction of sp³-hybridized carbons (Fsp3) is 0.214. The monoisotopic (exact) mass is 298 g/mol. The van der Waals surface area contributed by atoms with Crippen LogP contribution in [-0.4, -0.2) is 52.3 Å². The number of amidine groups is 2. The van der Waals surface area contributed by atoms with Gasteiger partial charge < -0.3 is 10.5 Å². The van der Waals surface area contributed by atoms with Gasteiger partial charge in [-0.25, -0.2) is 4.99 Å². The summed E-state index contributed by atoms with van der Waals surface area (Å²) in [4.78, 5) is 29.5. The number of benzene rings is 1. The molecule has 7 nitrogen and oxygen atoms in total. The topological polar surface area (TPSA) is 118 Å². The van der Waals surface area contributed by atoms with Crippen LogP contribution in [0.5, 0.6) is 0 Å². The second kappa shape index (κ2) is 10.9. The molecule has 0 aliphatic heterocycles. The van der Waals surface area contributed by atoms with Gasteiger partial charge in [0.05, 0.1) is 11.6 Å². The highest BCUT2D eigenvalue weighted by Gasteiger charge is 2.06. The molecule has 0 amide bonds. The summed E-state index contributed by atoms with van der Waals surface area (Å²) < 4.78 is 4.25. The van der Waals surface area contributed by atoms with Crippen LogP contribution >= 0.6 is 0 Å². The van der Waals surface area contributed by atoms with E-state index in [-0.39, 0.29) is 23.9 Å². The highest BCUT2D eigenvalue weighted by Crippen LogP contribution is 2.05. The fourth-order valence-electron chi connectivity index (χ4n) is 1.24. The molecule has 0 aliphatic rings. The van der Waals surface area contributed by atoms with Gasteiger partial charge in [-0.1, -0.05) is 12.1 Å². The van der Waals surface area contributed by atoms with Crippen molar-refractivity contribution in [3.8, 4) is 6.07 Å². The molecule has 1 rings (SSSR count). The van der Waals surface area contributed by atoms with E-state index in [1.54, 1.807) is 32.4 Å². The van der Waals surface area contributed by atoms with Gasteiger partial charge in [-0.05, 0) is 12.1 Å². The van der Waals surface area contributed by atoms with Crippen LogP contribution in [0.4, 0.5) is 0 Å². The molecule has 0 saturated carbocycles. The minimum absolute atomic E-state index is 0.259. The van der Waals surface area contributed by atoms with Gasteiger partial charge in [0.25, 0.3) is 0 Å². The van der Waals surface area contributed by atoms with Crippen molar-refractivity contribution in [3.63, 3.8) is 0 Å². The molecule has 0 spiro atoms. The maximum absolute atomic E-state index is 11.8. The van der Waals surface area contributed by atoms with Crippen molar-refractivity contribution in [2.45, 2.75) is 0 Å². The first kappa shape index (κ1) is 19.2. The molecule has 0 unspecified atom stereocenters. The van der Waals surface area contributed by atoms with Gasteiger partial charge in [0, 0.05) is 25.5 Å². The minimum Gasteiger partial charge on any atom is -0.396 e. The summed E-state index contributed by atoms with van der Waals surface area (Å²) in [5.74, 6) is -0.605. The highest BCUT2D eigenvalue weighted by atomic mass is 16.4. The number of aliphatic imine (C=N–C) groups is 2. The summed E-state index contributed by atoms with van der Waals surface area (Å²) >= 11 is 0. The van der Waals surface area contributed by atoms with Crippen LogP contribution in [0.3, 0.4) is 0 Å². The van der Waals surface area contributed by atoms with E-state index in [2.05, 4.69) is 14.7 Å². The molecule has 0 atom stereocenters. The minimum atomic E-state index is -0.345. The van der Waals surface area contributed by atoms with Gasteiger partial charge in [0.15, 0.2) is 25.8 Å². The first-order valence-electron chi connectivity index (χ1n) is 6.01. The third kappa shape index (κ3) is 7.72. The molecule has 0 heterocycles. The number of hydrogen-bond acceptors (Lipinski definition) is 5. The first-order chi connectivity index (χ1) is 10.5. The van der Waals surface area contributed by atoms with Crippen LogP contribution in [0.25, 0.3) is 0 Å². The first-order valence-corrected chi connectivity index (χ1v) is 6.01. The zero-order valence-corrected chi connectivity index (χ0v) is 12.3. The van der Waals surface area contributed by atoms with Gasteiger partial charge >= 0.3 is 0 Å². The highest BCUT2D eigenvalue weighted by molar-refractivity contribution is 6.60. The van der Waals surface area contributed by atoms with Crippen molar-refractivity contribution < 1.29 is 14.3 Å². The van der Waals surface area contributed by atoms with Crippen molar-refractivity contribution in [2.75, 3.05) is 20.8 Å². The third-order valence-electron chi connectivity index (χ3n) is 2.05. The Kier molecular flexibility index (Phi) is 9.55. The predicted molar refractivity (Wildman–Crippen MR) is 84.2 cm³/mol. The predicted octanol–water partition coefficient (Wildman–Crippen LogP) is 0.0842. The van der Waals surface area contributed by atoms with Crippen molar-refractivity contribution in [1.29, 1.82) is 5.26 Å². The van der Waals surface area contributed by atoms with Gasteiger partial charge in [0.1, 0.15) is 6.54 Å². The molecule has 0 bridgehead atoms. The molecule has 2 N–H and O–H groups in total.